The zero-order valence-corrected chi connectivity index (χ0v) is 14.6. The number of rotatable bonds is 3. The van der Waals surface area contributed by atoms with E-state index in [1.165, 1.54) is 5.01 Å². The molecule has 3 aromatic rings. The Kier molecular flexibility index (Phi) is 4.42. The summed E-state index contributed by atoms with van der Waals surface area (Å²) in [5.74, 6) is 0. The lowest BCUT2D eigenvalue weighted by molar-refractivity contribution is 0.212. The molecule has 0 bridgehead atoms. The third-order valence-corrected chi connectivity index (χ3v) is 4.42. The van der Waals surface area contributed by atoms with E-state index in [9.17, 15) is 4.79 Å². The molecule has 1 N–H and O–H groups in total. The fourth-order valence-electron chi connectivity index (χ4n) is 2.88. The molecule has 0 aliphatic carbocycles. The van der Waals surface area contributed by atoms with E-state index in [4.69, 9.17) is 11.6 Å². The maximum Gasteiger partial charge on any atom is 0.342 e. The van der Waals surface area contributed by atoms with Gasteiger partial charge in [0.15, 0.2) is 0 Å². The predicted octanol–water partition coefficient (Wildman–Crippen LogP) is 5.14. The van der Waals surface area contributed by atoms with Crippen LogP contribution in [0.1, 0.15) is 16.7 Å². The highest BCUT2D eigenvalue weighted by molar-refractivity contribution is 6.30. The van der Waals surface area contributed by atoms with Crippen LogP contribution in [-0.2, 0) is 6.54 Å². The minimum Gasteiger partial charge on any atom is -0.306 e. The minimum atomic E-state index is -0.259. The number of hydrogen-bond acceptors (Lipinski definition) is 2. The average Bonchev–Trinajstić information content (AvgIpc) is 2.80. The standard InChI is InChI=1S/C21H16ClN3O/c22-17-12-10-16(11-13-17)20-18-8-4-5-9-19(18)23-21(26)25(24-20)14-15-6-2-1-3-7-15/h1-13H,14H2,(H,23,26). The Labute approximate surface area is 156 Å². The second-order valence-electron chi connectivity index (χ2n) is 5.97. The molecule has 1 aliphatic rings. The van der Waals surface area contributed by atoms with E-state index < -0.39 is 0 Å². The molecule has 4 rings (SSSR count). The fraction of sp³-hybridized carbons (Fsp3) is 0.0476. The number of para-hydroxylation sites is 1. The van der Waals surface area contributed by atoms with Crippen LogP contribution in [0, 0.1) is 0 Å². The molecule has 4 nitrogen and oxygen atoms in total. The zero-order chi connectivity index (χ0) is 17.9. The molecule has 0 saturated carbocycles. The number of urea groups is 1. The number of halogens is 1. The summed E-state index contributed by atoms with van der Waals surface area (Å²) >= 11 is 6.03. The summed E-state index contributed by atoms with van der Waals surface area (Å²) in [6.07, 6.45) is 0. The molecular weight excluding hydrogens is 346 g/mol. The van der Waals surface area contributed by atoms with Gasteiger partial charge in [0.1, 0.15) is 5.71 Å². The van der Waals surface area contributed by atoms with Crippen molar-refractivity contribution in [2.75, 3.05) is 5.32 Å². The molecule has 2 amide bonds. The van der Waals surface area contributed by atoms with Gasteiger partial charge in [0.2, 0.25) is 0 Å². The van der Waals surface area contributed by atoms with Gasteiger partial charge in [0.25, 0.3) is 0 Å². The molecule has 1 heterocycles. The van der Waals surface area contributed by atoms with Crippen LogP contribution in [0.3, 0.4) is 0 Å². The molecule has 0 atom stereocenters. The monoisotopic (exact) mass is 361 g/mol. The van der Waals surface area contributed by atoms with Crippen molar-refractivity contribution >= 4 is 29.0 Å². The van der Waals surface area contributed by atoms with E-state index in [0.29, 0.717) is 11.6 Å². The van der Waals surface area contributed by atoms with Crippen molar-refractivity contribution in [1.82, 2.24) is 5.01 Å². The minimum absolute atomic E-state index is 0.259. The number of hydrazone groups is 1. The van der Waals surface area contributed by atoms with Crippen molar-refractivity contribution in [2.24, 2.45) is 5.10 Å². The maximum absolute atomic E-state index is 12.7. The van der Waals surface area contributed by atoms with Gasteiger partial charge in [-0.05, 0) is 23.8 Å². The van der Waals surface area contributed by atoms with E-state index >= 15 is 0 Å². The summed E-state index contributed by atoms with van der Waals surface area (Å²) < 4.78 is 0. The van der Waals surface area contributed by atoms with E-state index in [1.807, 2.05) is 78.9 Å². The molecule has 0 aromatic heterocycles. The Morgan fingerprint density at radius 3 is 2.35 bits per heavy atom. The Morgan fingerprint density at radius 2 is 1.58 bits per heavy atom. The molecule has 128 valence electrons. The van der Waals surface area contributed by atoms with E-state index in [0.717, 1.165) is 28.1 Å². The highest BCUT2D eigenvalue weighted by Crippen LogP contribution is 2.25. The molecule has 0 radical (unpaired) electrons. The molecule has 0 saturated heterocycles. The number of anilines is 1. The summed E-state index contributed by atoms with van der Waals surface area (Å²) in [4.78, 5) is 12.7. The van der Waals surface area contributed by atoms with Gasteiger partial charge < -0.3 is 5.32 Å². The van der Waals surface area contributed by atoms with Crippen LogP contribution in [0.4, 0.5) is 10.5 Å². The van der Waals surface area contributed by atoms with Crippen LogP contribution < -0.4 is 5.32 Å². The van der Waals surface area contributed by atoms with Crippen LogP contribution in [0.15, 0.2) is 84.0 Å². The predicted molar refractivity (Wildman–Crippen MR) is 105 cm³/mol. The largest absolute Gasteiger partial charge is 0.342 e. The summed E-state index contributed by atoms with van der Waals surface area (Å²) in [5.41, 5.74) is 4.25. The number of carbonyl (C=O) groups excluding carboxylic acids is 1. The number of fused-ring (bicyclic) bond motifs is 1. The summed E-state index contributed by atoms with van der Waals surface area (Å²) in [5, 5.41) is 9.75. The van der Waals surface area contributed by atoms with E-state index in [1.54, 1.807) is 0 Å². The Hall–Kier alpha value is -3.11. The first-order valence-corrected chi connectivity index (χ1v) is 8.65. The van der Waals surface area contributed by atoms with Crippen LogP contribution >= 0.6 is 11.6 Å². The number of hydrogen-bond donors (Lipinski definition) is 1. The Bertz CT molecular complexity index is 968. The van der Waals surface area contributed by atoms with Crippen molar-refractivity contribution in [3.63, 3.8) is 0 Å². The van der Waals surface area contributed by atoms with Crippen LogP contribution in [0.2, 0.25) is 5.02 Å². The number of benzene rings is 3. The van der Waals surface area contributed by atoms with Gasteiger partial charge in [0, 0.05) is 16.1 Å². The molecule has 5 heteroatoms. The van der Waals surface area contributed by atoms with Crippen LogP contribution in [-0.4, -0.2) is 16.8 Å². The number of nitrogens with zero attached hydrogens (tertiary/aromatic N) is 2. The van der Waals surface area contributed by atoms with Gasteiger partial charge >= 0.3 is 6.03 Å². The van der Waals surface area contributed by atoms with Gasteiger partial charge in [-0.2, -0.15) is 5.10 Å². The summed E-state index contributed by atoms with van der Waals surface area (Å²) in [6, 6.07) is 24.7. The Balaban J connectivity index is 1.80. The number of carbonyl (C=O) groups is 1. The van der Waals surface area contributed by atoms with Crippen molar-refractivity contribution in [3.05, 3.63) is 101 Å². The van der Waals surface area contributed by atoms with Crippen molar-refractivity contribution in [3.8, 4) is 0 Å². The first-order valence-electron chi connectivity index (χ1n) is 8.27. The first-order chi connectivity index (χ1) is 12.7. The molecule has 3 aromatic carbocycles. The lowest BCUT2D eigenvalue weighted by Crippen LogP contribution is -2.29. The molecule has 0 unspecified atom stereocenters. The average molecular weight is 362 g/mol. The van der Waals surface area contributed by atoms with Gasteiger partial charge in [-0.1, -0.05) is 72.3 Å². The number of nitrogens with one attached hydrogen (secondary N) is 1. The SMILES string of the molecule is O=C1Nc2ccccc2C(c2ccc(Cl)cc2)=NN1Cc1ccccc1. The lowest BCUT2D eigenvalue weighted by atomic mass is 10.0. The highest BCUT2D eigenvalue weighted by atomic mass is 35.5. The highest BCUT2D eigenvalue weighted by Gasteiger charge is 2.23. The van der Waals surface area contributed by atoms with Crippen molar-refractivity contribution < 1.29 is 4.79 Å². The third kappa shape index (κ3) is 3.32. The topological polar surface area (TPSA) is 44.7 Å². The second-order valence-corrected chi connectivity index (χ2v) is 6.41. The smallest absolute Gasteiger partial charge is 0.306 e. The van der Waals surface area contributed by atoms with Crippen LogP contribution in [0.25, 0.3) is 0 Å². The van der Waals surface area contributed by atoms with Gasteiger partial charge in [-0.3, -0.25) is 0 Å². The van der Waals surface area contributed by atoms with E-state index in [-0.39, 0.29) is 6.03 Å². The number of amides is 2. The van der Waals surface area contributed by atoms with Crippen molar-refractivity contribution in [2.45, 2.75) is 6.54 Å². The Morgan fingerprint density at radius 1 is 0.885 bits per heavy atom. The normalized spacial score (nSPS) is 13.5. The molecule has 1 aliphatic heterocycles. The summed E-state index contributed by atoms with van der Waals surface area (Å²) in [6.45, 7) is 0.387. The fourth-order valence-corrected chi connectivity index (χ4v) is 3.01. The third-order valence-electron chi connectivity index (χ3n) is 4.17. The van der Waals surface area contributed by atoms with Crippen molar-refractivity contribution in [1.29, 1.82) is 0 Å². The van der Waals surface area contributed by atoms with Crippen LogP contribution in [0.5, 0.6) is 0 Å². The quantitative estimate of drug-likeness (QED) is 0.689. The van der Waals surface area contributed by atoms with E-state index in [2.05, 4.69) is 10.4 Å². The summed E-state index contributed by atoms with van der Waals surface area (Å²) in [7, 11) is 0. The van der Waals surface area contributed by atoms with Gasteiger partial charge in [0.05, 0.1) is 12.2 Å². The molecular formula is C21H16ClN3O. The second kappa shape index (κ2) is 7.02. The zero-order valence-electron chi connectivity index (χ0n) is 13.9. The maximum atomic E-state index is 12.7. The molecule has 26 heavy (non-hydrogen) atoms. The first kappa shape index (κ1) is 16.4. The lowest BCUT2D eigenvalue weighted by Gasteiger charge is -2.16. The molecule has 0 spiro atoms. The van der Waals surface area contributed by atoms with Gasteiger partial charge in [-0.15, -0.1) is 0 Å². The van der Waals surface area contributed by atoms with Gasteiger partial charge in [-0.25, -0.2) is 9.80 Å². The molecule has 0 fully saturated rings.